The number of methoxy groups -OCH3 is 1. The minimum absolute atomic E-state index is 0.401. The molecule has 0 radical (unpaired) electrons. The first-order valence-electron chi connectivity index (χ1n) is 4.63. The first-order valence-corrected chi connectivity index (χ1v) is 6.07. The minimum Gasteiger partial charge on any atom is -0.468 e. The molecule has 1 saturated heterocycles. The molecule has 14 heavy (non-hydrogen) atoms. The van der Waals surface area contributed by atoms with Crippen molar-refractivity contribution in [3.8, 4) is 0 Å². The van der Waals surface area contributed by atoms with Crippen LogP contribution in [-0.4, -0.2) is 43.6 Å². The van der Waals surface area contributed by atoms with Crippen LogP contribution in [0.2, 0.25) is 0 Å². The normalized spacial score (nSPS) is 25.2. The fraction of sp³-hybridized carbons (Fsp3) is 0.875. The largest absolute Gasteiger partial charge is 0.468 e. The Bertz CT molecular complexity index is 354. The zero-order chi connectivity index (χ0) is 10.4. The highest BCUT2D eigenvalue weighted by molar-refractivity contribution is 7.91. The van der Waals surface area contributed by atoms with E-state index in [-0.39, 0.29) is 0 Å². The highest BCUT2D eigenvalue weighted by Gasteiger charge is 2.64. The number of ether oxygens (including phenoxy) is 1. The number of rotatable bonds is 3. The van der Waals surface area contributed by atoms with Crippen LogP contribution >= 0.6 is 0 Å². The van der Waals surface area contributed by atoms with Gasteiger partial charge in [-0.25, -0.2) is 12.7 Å². The average molecular weight is 219 g/mol. The van der Waals surface area contributed by atoms with Crippen molar-refractivity contribution in [1.29, 1.82) is 0 Å². The third-order valence-electron chi connectivity index (χ3n) is 2.91. The molecule has 2 fully saturated rings. The van der Waals surface area contributed by atoms with Gasteiger partial charge in [0.15, 0.2) is 4.75 Å². The van der Waals surface area contributed by atoms with Crippen LogP contribution in [0.5, 0.6) is 0 Å². The summed E-state index contributed by atoms with van der Waals surface area (Å²) in [6.45, 7) is 1.09. The zero-order valence-electron chi connectivity index (χ0n) is 8.02. The van der Waals surface area contributed by atoms with Crippen molar-refractivity contribution in [3.63, 3.8) is 0 Å². The molecule has 0 spiro atoms. The topological polar surface area (TPSA) is 63.7 Å². The van der Waals surface area contributed by atoms with Gasteiger partial charge in [-0.1, -0.05) is 0 Å². The third-order valence-corrected chi connectivity index (χ3v) is 5.52. The molecular formula is C8H13NO4S. The monoisotopic (exact) mass is 219 g/mol. The summed E-state index contributed by atoms with van der Waals surface area (Å²) < 4.78 is 28.5. The van der Waals surface area contributed by atoms with Crippen molar-refractivity contribution in [1.82, 2.24) is 4.31 Å². The van der Waals surface area contributed by atoms with E-state index in [0.29, 0.717) is 25.9 Å². The number of hydrogen-bond donors (Lipinski definition) is 0. The Kier molecular flexibility index (Phi) is 2.08. The first-order chi connectivity index (χ1) is 6.54. The molecule has 5 nitrogen and oxygen atoms in total. The maximum absolute atomic E-state index is 11.9. The molecule has 0 N–H and O–H groups in total. The molecule has 0 aromatic heterocycles. The standard InChI is InChI=1S/C8H13NO4S/c1-13-7(10)8(3-4-8)14(11,12)9-5-2-6-9/h2-6H2,1H3. The predicted octanol–water partition coefficient (Wildman–Crippen LogP) is -0.273. The van der Waals surface area contributed by atoms with Gasteiger partial charge in [0.05, 0.1) is 7.11 Å². The molecule has 6 heteroatoms. The summed E-state index contributed by atoms with van der Waals surface area (Å²) in [4.78, 5) is 11.4. The van der Waals surface area contributed by atoms with Crippen LogP contribution in [0.15, 0.2) is 0 Å². The van der Waals surface area contributed by atoms with Gasteiger partial charge < -0.3 is 4.74 Å². The Morgan fingerprint density at radius 1 is 1.36 bits per heavy atom. The number of carbonyl (C=O) groups excluding carboxylic acids is 1. The van der Waals surface area contributed by atoms with E-state index in [9.17, 15) is 13.2 Å². The molecule has 0 amide bonds. The summed E-state index contributed by atoms with van der Waals surface area (Å²) >= 11 is 0. The lowest BCUT2D eigenvalue weighted by molar-refractivity contribution is -0.141. The van der Waals surface area contributed by atoms with Gasteiger partial charge in [0.25, 0.3) is 0 Å². The molecular weight excluding hydrogens is 206 g/mol. The number of sulfonamides is 1. The van der Waals surface area contributed by atoms with E-state index < -0.39 is 20.7 Å². The second-order valence-corrected chi connectivity index (χ2v) is 5.99. The van der Waals surface area contributed by atoms with Gasteiger partial charge in [0, 0.05) is 13.1 Å². The SMILES string of the molecule is COC(=O)C1(S(=O)(=O)N2CCC2)CC1. The Morgan fingerprint density at radius 3 is 2.21 bits per heavy atom. The molecule has 0 unspecified atom stereocenters. The number of nitrogens with zero attached hydrogens (tertiary/aromatic N) is 1. The maximum atomic E-state index is 11.9. The van der Waals surface area contributed by atoms with Crippen LogP contribution in [0.25, 0.3) is 0 Å². The lowest BCUT2D eigenvalue weighted by atomic mass is 10.3. The molecule has 1 aliphatic carbocycles. The van der Waals surface area contributed by atoms with E-state index in [1.54, 1.807) is 0 Å². The first kappa shape index (κ1) is 9.92. The summed E-state index contributed by atoms with van der Waals surface area (Å²) in [5.74, 6) is -0.607. The molecule has 0 aromatic rings. The van der Waals surface area contributed by atoms with Crippen LogP contribution < -0.4 is 0 Å². The van der Waals surface area contributed by atoms with Gasteiger partial charge in [-0.15, -0.1) is 0 Å². The average Bonchev–Trinajstić information content (AvgIpc) is 2.78. The Morgan fingerprint density at radius 2 is 1.93 bits per heavy atom. The Balaban J connectivity index is 2.25. The van der Waals surface area contributed by atoms with Crippen molar-refractivity contribution < 1.29 is 17.9 Å². The van der Waals surface area contributed by atoms with Crippen molar-refractivity contribution >= 4 is 16.0 Å². The van der Waals surface area contributed by atoms with E-state index in [2.05, 4.69) is 4.74 Å². The molecule has 1 heterocycles. The van der Waals surface area contributed by atoms with Gasteiger partial charge in [0.2, 0.25) is 10.0 Å². The molecule has 2 rings (SSSR count). The fourth-order valence-electron chi connectivity index (χ4n) is 1.64. The van der Waals surface area contributed by atoms with E-state index in [4.69, 9.17) is 0 Å². The second kappa shape index (κ2) is 2.93. The van der Waals surface area contributed by atoms with Gasteiger partial charge in [-0.05, 0) is 19.3 Å². The predicted molar refractivity (Wildman–Crippen MR) is 49.1 cm³/mol. The van der Waals surface area contributed by atoms with Gasteiger partial charge in [-0.3, -0.25) is 4.79 Å². The fourth-order valence-corrected chi connectivity index (χ4v) is 3.79. The third kappa shape index (κ3) is 1.10. The highest BCUT2D eigenvalue weighted by Crippen LogP contribution is 2.47. The smallest absolute Gasteiger partial charge is 0.328 e. The van der Waals surface area contributed by atoms with Crippen LogP contribution in [0.1, 0.15) is 19.3 Å². The lowest BCUT2D eigenvalue weighted by Gasteiger charge is -2.32. The summed E-state index contributed by atoms with van der Waals surface area (Å²) in [5.41, 5.74) is 0. The summed E-state index contributed by atoms with van der Waals surface area (Å²) in [7, 11) is -2.21. The van der Waals surface area contributed by atoms with Crippen molar-refractivity contribution in [2.24, 2.45) is 0 Å². The molecule has 2 aliphatic rings. The van der Waals surface area contributed by atoms with Gasteiger partial charge >= 0.3 is 5.97 Å². The molecule has 0 atom stereocenters. The quantitative estimate of drug-likeness (QED) is 0.613. The van der Waals surface area contributed by atoms with E-state index in [0.717, 1.165) is 6.42 Å². The molecule has 80 valence electrons. The lowest BCUT2D eigenvalue weighted by Crippen LogP contribution is -2.50. The van der Waals surface area contributed by atoms with Crippen LogP contribution in [0, 0.1) is 0 Å². The maximum Gasteiger partial charge on any atom is 0.328 e. The van der Waals surface area contributed by atoms with Gasteiger partial charge in [0.1, 0.15) is 0 Å². The minimum atomic E-state index is -3.44. The van der Waals surface area contributed by atoms with E-state index >= 15 is 0 Å². The van der Waals surface area contributed by atoms with Crippen molar-refractivity contribution in [3.05, 3.63) is 0 Å². The van der Waals surface area contributed by atoms with E-state index in [1.165, 1.54) is 11.4 Å². The number of esters is 1. The number of hydrogen-bond acceptors (Lipinski definition) is 4. The molecule has 1 saturated carbocycles. The van der Waals surface area contributed by atoms with Crippen molar-refractivity contribution in [2.45, 2.75) is 24.0 Å². The van der Waals surface area contributed by atoms with Gasteiger partial charge in [-0.2, -0.15) is 0 Å². The van der Waals surface area contributed by atoms with Crippen LogP contribution in [0.4, 0.5) is 0 Å². The molecule has 0 aromatic carbocycles. The Hall–Kier alpha value is -0.620. The van der Waals surface area contributed by atoms with Crippen LogP contribution in [-0.2, 0) is 19.6 Å². The highest BCUT2D eigenvalue weighted by atomic mass is 32.2. The van der Waals surface area contributed by atoms with Crippen LogP contribution in [0.3, 0.4) is 0 Å². The summed E-state index contributed by atoms with van der Waals surface area (Å²) in [6, 6.07) is 0. The molecule has 0 bridgehead atoms. The van der Waals surface area contributed by atoms with Crippen molar-refractivity contribution in [2.75, 3.05) is 20.2 Å². The summed E-state index contributed by atoms with van der Waals surface area (Å²) in [5, 5.41) is 0. The second-order valence-electron chi connectivity index (χ2n) is 3.74. The molecule has 1 aliphatic heterocycles. The Labute approximate surface area is 83.1 Å². The summed E-state index contributed by atoms with van der Waals surface area (Å²) in [6.07, 6.45) is 1.69. The zero-order valence-corrected chi connectivity index (χ0v) is 8.84. The van der Waals surface area contributed by atoms with E-state index in [1.807, 2.05) is 0 Å². The number of carbonyl (C=O) groups is 1.